The van der Waals surface area contributed by atoms with Gasteiger partial charge >= 0.3 is 0 Å². The molecule has 0 radical (unpaired) electrons. The third kappa shape index (κ3) is 6.16. The molecule has 1 fully saturated rings. The summed E-state index contributed by atoms with van der Waals surface area (Å²) in [5, 5.41) is 3.82. The van der Waals surface area contributed by atoms with Gasteiger partial charge in [-0.3, -0.25) is 9.59 Å². The molecule has 1 heterocycles. The molecule has 9 nitrogen and oxygen atoms in total. The van der Waals surface area contributed by atoms with Gasteiger partial charge in [0.2, 0.25) is 17.7 Å². The lowest BCUT2D eigenvalue weighted by molar-refractivity contribution is -0.147. The average molecular weight is 553 g/mol. The van der Waals surface area contributed by atoms with Gasteiger partial charge in [-0.1, -0.05) is 61.5 Å². The van der Waals surface area contributed by atoms with E-state index in [0.717, 1.165) is 18.4 Å². The number of amides is 2. The summed E-state index contributed by atoms with van der Waals surface area (Å²) in [6.45, 7) is 7.68. The predicted octanol–water partition coefficient (Wildman–Crippen LogP) is 4.61. The summed E-state index contributed by atoms with van der Waals surface area (Å²) in [4.78, 5) is 29.7. The number of aromatic nitrogens is 1. The number of rotatable bonds is 10. The Bertz CT molecular complexity index is 1460. The normalized spacial score (nSPS) is 14.2. The number of hydrogen-bond donors (Lipinski definition) is 1. The number of carbonyl (C=O) groups excluding carboxylic acids is 2. The number of nitrogens with zero attached hydrogens (tertiary/aromatic N) is 3. The lowest BCUT2D eigenvalue weighted by atomic mass is 9.98. The van der Waals surface area contributed by atoms with Crippen LogP contribution in [0.25, 0.3) is 11.1 Å². The minimum Gasteiger partial charge on any atom is -0.347 e. The molecule has 10 heteroatoms. The molecule has 1 N–H and O–H groups in total. The number of hydrogen-bond acceptors (Lipinski definition) is 6. The summed E-state index contributed by atoms with van der Waals surface area (Å²) in [5.74, 6) is -0.0805. The Kier molecular flexibility index (Phi) is 8.15. The Hall–Kier alpha value is -3.66. The summed E-state index contributed by atoms with van der Waals surface area (Å²) in [6.07, 6.45) is 1.70. The summed E-state index contributed by atoms with van der Waals surface area (Å²) in [6, 6.07) is 13.6. The van der Waals surface area contributed by atoms with Gasteiger partial charge in [0, 0.05) is 37.7 Å². The molecule has 1 aromatic heterocycles. The van der Waals surface area contributed by atoms with E-state index in [0.29, 0.717) is 28.9 Å². The van der Waals surface area contributed by atoms with Gasteiger partial charge in [-0.15, -0.1) is 0 Å². The molecule has 39 heavy (non-hydrogen) atoms. The average Bonchev–Trinajstić information content (AvgIpc) is 3.70. The summed E-state index contributed by atoms with van der Waals surface area (Å²) in [7, 11) is -0.550. The standard InChI is InChI=1S/C29H36N4O5S/c1-18(2)26(29(35)32(5)6)33(28(34)23-15-16-23)17-21-11-13-22(14-12-21)24-9-7-8-10-25(24)39(36,37)31-27-19(3)20(4)30-38-27/h7-14,18,23,26,31H,15-17H2,1-6H3. The van der Waals surface area contributed by atoms with Crippen molar-refractivity contribution in [2.75, 3.05) is 18.8 Å². The molecule has 1 unspecified atom stereocenters. The lowest BCUT2D eigenvalue weighted by Crippen LogP contribution is -2.52. The zero-order valence-electron chi connectivity index (χ0n) is 23.3. The lowest BCUT2D eigenvalue weighted by Gasteiger charge is -2.35. The maximum Gasteiger partial charge on any atom is 0.264 e. The molecule has 1 aliphatic carbocycles. The molecule has 208 valence electrons. The van der Waals surface area contributed by atoms with Crippen LogP contribution >= 0.6 is 0 Å². The van der Waals surface area contributed by atoms with Crippen molar-refractivity contribution in [3.8, 4) is 11.1 Å². The first-order valence-electron chi connectivity index (χ1n) is 13.1. The summed E-state index contributed by atoms with van der Waals surface area (Å²) < 4.78 is 34.3. The van der Waals surface area contributed by atoms with E-state index in [1.165, 1.54) is 4.90 Å². The number of likely N-dealkylation sites (N-methyl/N-ethyl adjacent to an activating group) is 1. The number of nitrogens with one attached hydrogen (secondary N) is 1. The third-order valence-electron chi connectivity index (χ3n) is 7.05. The molecular weight excluding hydrogens is 516 g/mol. The highest BCUT2D eigenvalue weighted by Gasteiger charge is 2.40. The minimum absolute atomic E-state index is 0.00781. The summed E-state index contributed by atoms with van der Waals surface area (Å²) in [5.41, 5.74) is 3.32. The van der Waals surface area contributed by atoms with E-state index < -0.39 is 16.1 Å². The first kappa shape index (κ1) is 28.4. The van der Waals surface area contributed by atoms with E-state index in [2.05, 4.69) is 9.88 Å². The van der Waals surface area contributed by atoms with Gasteiger partial charge in [0.05, 0.1) is 10.6 Å². The van der Waals surface area contributed by atoms with Crippen LogP contribution in [0.4, 0.5) is 5.88 Å². The Morgan fingerprint density at radius 3 is 2.23 bits per heavy atom. The SMILES string of the molecule is Cc1noc(NS(=O)(=O)c2ccccc2-c2ccc(CN(C(=O)C3CC3)C(C(=O)N(C)C)C(C)C)cc2)c1C. The topological polar surface area (TPSA) is 113 Å². The first-order valence-corrected chi connectivity index (χ1v) is 14.5. The van der Waals surface area contributed by atoms with Crippen LogP contribution in [0.15, 0.2) is 57.9 Å². The predicted molar refractivity (Wildman–Crippen MR) is 149 cm³/mol. The Morgan fingerprint density at radius 1 is 1.05 bits per heavy atom. The number of benzene rings is 2. The van der Waals surface area contributed by atoms with E-state index in [9.17, 15) is 18.0 Å². The smallest absolute Gasteiger partial charge is 0.264 e. The fourth-order valence-electron chi connectivity index (χ4n) is 4.53. The fourth-order valence-corrected chi connectivity index (χ4v) is 5.81. The molecule has 2 aromatic carbocycles. The van der Waals surface area contributed by atoms with Crippen molar-refractivity contribution in [2.24, 2.45) is 11.8 Å². The molecule has 1 aliphatic rings. The van der Waals surface area contributed by atoms with Crippen molar-refractivity contribution in [3.63, 3.8) is 0 Å². The molecule has 0 spiro atoms. The van der Waals surface area contributed by atoms with Crippen molar-refractivity contribution in [1.29, 1.82) is 0 Å². The maximum atomic E-state index is 13.3. The second kappa shape index (κ2) is 11.2. The summed E-state index contributed by atoms with van der Waals surface area (Å²) >= 11 is 0. The highest BCUT2D eigenvalue weighted by molar-refractivity contribution is 7.92. The molecule has 0 bridgehead atoms. The van der Waals surface area contributed by atoms with Crippen molar-refractivity contribution in [3.05, 3.63) is 65.4 Å². The van der Waals surface area contributed by atoms with Crippen LogP contribution in [0, 0.1) is 25.7 Å². The van der Waals surface area contributed by atoms with Gasteiger partial charge in [-0.05, 0) is 49.8 Å². The van der Waals surface area contributed by atoms with Gasteiger partial charge in [0.15, 0.2) is 0 Å². The van der Waals surface area contributed by atoms with E-state index >= 15 is 0 Å². The van der Waals surface area contributed by atoms with E-state index in [1.54, 1.807) is 57.1 Å². The van der Waals surface area contributed by atoms with E-state index in [1.807, 2.05) is 38.1 Å². The molecule has 1 saturated carbocycles. The first-order chi connectivity index (χ1) is 18.4. The molecule has 0 saturated heterocycles. The molecule has 4 rings (SSSR count). The Balaban J connectivity index is 1.62. The van der Waals surface area contributed by atoms with Crippen LogP contribution in [0.1, 0.15) is 43.5 Å². The van der Waals surface area contributed by atoms with Gasteiger partial charge in [0.25, 0.3) is 10.0 Å². The Morgan fingerprint density at radius 2 is 1.69 bits per heavy atom. The maximum absolute atomic E-state index is 13.3. The van der Waals surface area contributed by atoms with Crippen LogP contribution in [0.2, 0.25) is 0 Å². The monoisotopic (exact) mass is 552 g/mol. The number of sulfonamides is 1. The fraction of sp³-hybridized carbons (Fsp3) is 0.414. The van der Waals surface area contributed by atoms with Crippen molar-refractivity contribution in [1.82, 2.24) is 15.0 Å². The van der Waals surface area contributed by atoms with Crippen LogP contribution in [-0.4, -0.2) is 55.3 Å². The van der Waals surface area contributed by atoms with Gasteiger partial charge in [-0.2, -0.15) is 0 Å². The zero-order valence-corrected chi connectivity index (χ0v) is 24.1. The number of anilines is 1. The second-order valence-electron chi connectivity index (χ2n) is 10.7. The highest BCUT2D eigenvalue weighted by atomic mass is 32.2. The van der Waals surface area contributed by atoms with Gasteiger partial charge < -0.3 is 14.3 Å². The van der Waals surface area contributed by atoms with Crippen molar-refractivity contribution >= 4 is 27.7 Å². The van der Waals surface area contributed by atoms with E-state index in [4.69, 9.17) is 4.52 Å². The second-order valence-corrected chi connectivity index (χ2v) is 12.3. The molecular formula is C29H36N4O5S. The van der Waals surface area contributed by atoms with Crippen molar-refractivity contribution in [2.45, 2.75) is 58.0 Å². The Labute approximate surface area is 230 Å². The quantitative estimate of drug-likeness (QED) is 0.393. The highest BCUT2D eigenvalue weighted by Crippen LogP contribution is 2.34. The zero-order chi connectivity index (χ0) is 28.5. The number of carbonyl (C=O) groups is 2. The molecule has 1 atom stereocenters. The van der Waals surface area contributed by atoms with Gasteiger partial charge in [-0.25, -0.2) is 13.1 Å². The van der Waals surface area contributed by atoms with E-state index in [-0.39, 0.29) is 34.4 Å². The van der Waals surface area contributed by atoms with Crippen LogP contribution in [0.3, 0.4) is 0 Å². The molecule has 0 aliphatic heterocycles. The third-order valence-corrected chi connectivity index (χ3v) is 8.44. The largest absolute Gasteiger partial charge is 0.347 e. The minimum atomic E-state index is -3.96. The van der Waals surface area contributed by atoms with Crippen LogP contribution in [-0.2, 0) is 26.2 Å². The molecule has 3 aromatic rings. The van der Waals surface area contributed by atoms with Gasteiger partial charge in [0.1, 0.15) is 6.04 Å². The van der Waals surface area contributed by atoms with Crippen LogP contribution in [0.5, 0.6) is 0 Å². The molecule has 2 amide bonds. The number of aryl methyl sites for hydroxylation is 1. The van der Waals surface area contributed by atoms with Crippen molar-refractivity contribution < 1.29 is 22.5 Å². The van der Waals surface area contributed by atoms with Crippen LogP contribution < -0.4 is 4.72 Å².